The Labute approximate surface area is 111 Å². The van der Waals surface area contributed by atoms with Gasteiger partial charge in [-0.3, -0.25) is 0 Å². The first-order valence-electron chi connectivity index (χ1n) is 6.50. The molecule has 0 unspecified atom stereocenters. The van der Waals surface area contributed by atoms with Gasteiger partial charge in [0.15, 0.2) is 0 Å². The molecule has 1 aromatic carbocycles. The van der Waals surface area contributed by atoms with Crippen LogP contribution in [0.5, 0.6) is 11.6 Å². The fourth-order valence-electron chi connectivity index (χ4n) is 1.17. The van der Waals surface area contributed by atoms with E-state index >= 15 is 0 Å². The number of rotatable bonds is 2. The van der Waals surface area contributed by atoms with Gasteiger partial charge in [-0.15, -0.1) is 0 Å². The second-order valence-electron chi connectivity index (χ2n) is 3.09. The van der Waals surface area contributed by atoms with Crippen molar-refractivity contribution in [3.8, 4) is 11.6 Å². The van der Waals surface area contributed by atoms with Gasteiger partial charge in [0.05, 0.1) is 0 Å². The van der Waals surface area contributed by atoms with Crippen LogP contribution in [0.1, 0.15) is 33.3 Å². The van der Waals surface area contributed by atoms with Crippen molar-refractivity contribution >= 4 is 0 Å². The Kier molecular flexibility index (Phi) is 9.28. The molecule has 0 radical (unpaired) electrons. The number of benzene rings is 1. The predicted octanol–water partition coefficient (Wildman–Crippen LogP) is 5.23. The lowest BCUT2D eigenvalue weighted by Gasteiger charge is -2.03. The number of hydrogen-bond acceptors (Lipinski definition) is 2. The highest BCUT2D eigenvalue weighted by Gasteiger charge is 1.96. The Hall–Kier alpha value is -1.83. The molecule has 0 spiro atoms. The van der Waals surface area contributed by atoms with E-state index in [9.17, 15) is 0 Å². The summed E-state index contributed by atoms with van der Waals surface area (Å²) in [6, 6.07) is 13.5. The van der Waals surface area contributed by atoms with Crippen LogP contribution in [0.3, 0.4) is 0 Å². The van der Waals surface area contributed by atoms with Crippen LogP contribution in [0.15, 0.2) is 48.7 Å². The van der Waals surface area contributed by atoms with Gasteiger partial charge in [0.25, 0.3) is 0 Å². The Balaban J connectivity index is 0.000000659. The van der Waals surface area contributed by atoms with Gasteiger partial charge in [-0.2, -0.15) is 0 Å². The lowest BCUT2D eigenvalue weighted by molar-refractivity contribution is 0.462. The molecule has 2 aromatic rings. The molecule has 1 heterocycles. The zero-order valence-corrected chi connectivity index (χ0v) is 12.0. The van der Waals surface area contributed by atoms with Crippen molar-refractivity contribution in [1.29, 1.82) is 0 Å². The van der Waals surface area contributed by atoms with Gasteiger partial charge in [-0.05, 0) is 30.7 Å². The molecule has 0 saturated carbocycles. The Bertz CT molecular complexity index is 412. The monoisotopic (exact) mass is 245 g/mol. The Morgan fingerprint density at radius 1 is 0.889 bits per heavy atom. The van der Waals surface area contributed by atoms with Gasteiger partial charge < -0.3 is 4.74 Å². The Morgan fingerprint density at radius 2 is 1.50 bits per heavy atom. The highest BCUT2D eigenvalue weighted by molar-refractivity contribution is 5.28. The molecule has 0 atom stereocenters. The topological polar surface area (TPSA) is 22.1 Å². The summed E-state index contributed by atoms with van der Waals surface area (Å²) < 4.78 is 5.55. The second-order valence-corrected chi connectivity index (χ2v) is 3.09. The average molecular weight is 245 g/mol. The second kappa shape index (κ2) is 10.3. The zero-order valence-electron chi connectivity index (χ0n) is 12.0. The van der Waals surface area contributed by atoms with Crippen molar-refractivity contribution in [2.24, 2.45) is 0 Å². The number of aromatic nitrogens is 1. The Morgan fingerprint density at radius 3 is 2.06 bits per heavy atom. The molecule has 0 amide bonds. The standard InChI is InChI=1S/C12H11NO.2C2H6/c1-10-7-8-13-12(9-10)14-11-5-3-2-4-6-11;2*1-2/h2-9H,1H3;2*1-2H3. The summed E-state index contributed by atoms with van der Waals surface area (Å²) in [7, 11) is 0. The van der Waals surface area contributed by atoms with Crippen molar-refractivity contribution in [1.82, 2.24) is 4.98 Å². The maximum Gasteiger partial charge on any atom is 0.219 e. The molecule has 0 bridgehead atoms. The lowest BCUT2D eigenvalue weighted by Crippen LogP contribution is -1.87. The van der Waals surface area contributed by atoms with Crippen molar-refractivity contribution in [3.05, 3.63) is 54.2 Å². The highest BCUT2D eigenvalue weighted by Crippen LogP contribution is 2.18. The van der Waals surface area contributed by atoms with Crippen LogP contribution in [0.2, 0.25) is 0 Å². The number of nitrogens with zero attached hydrogens (tertiary/aromatic N) is 1. The van der Waals surface area contributed by atoms with Crippen LogP contribution in [0.4, 0.5) is 0 Å². The summed E-state index contributed by atoms with van der Waals surface area (Å²) in [5.74, 6) is 1.45. The van der Waals surface area contributed by atoms with E-state index in [-0.39, 0.29) is 0 Å². The molecule has 2 heteroatoms. The third kappa shape index (κ3) is 6.04. The zero-order chi connectivity index (χ0) is 13.8. The van der Waals surface area contributed by atoms with E-state index in [0.717, 1.165) is 11.3 Å². The normalized spacial score (nSPS) is 8.28. The summed E-state index contributed by atoms with van der Waals surface area (Å²) in [6.07, 6.45) is 1.74. The minimum Gasteiger partial charge on any atom is -0.439 e. The van der Waals surface area contributed by atoms with Crippen molar-refractivity contribution < 1.29 is 4.74 Å². The summed E-state index contributed by atoms with van der Waals surface area (Å²) >= 11 is 0. The number of para-hydroxylation sites is 1. The summed E-state index contributed by atoms with van der Waals surface area (Å²) in [4.78, 5) is 4.11. The van der Waals surface area contributed by atoms with Crippen molar-refractivity contribution in [3.63, 3.8) is 0 Å². The molecular formula is C16H23NO. The van der Waals surface area contributed by atoms with E-state index in [4.69, 9.17) is 4.74 Å². The van der Waals surface area contributed by atoms with Crippen LogP contribution < -0.4 is 4.74 Å². The van der Waals surface area contributed by atoms with Gasteiger partial charge in [0.1, 0.15) is 5.75 Å². The molecule has 0 aliphatic heterocycles. The number of hydrogen-bond donors (Lipinski definition) is 0. The average Bonchev–Trinajstić information content (AvgIpc) is 2.44. The molecule has 0 saturated heterocycles. The molecule has 18 heavy (non-hydrogen) atoms. The molecule has 0 fully saturated rings. The summed E-state index contributed by atoms with van der Waals surface area (Å²) in [6.45, 7) is 10.0. The van der Waals surface area contributed by atoms with E-state index in [1.165, 1.54) is 0 Å². The molecule has 2 rings (SSSR count). The van der Waals surface area contributed by atoms with Gasteiger partial charge in [-0.1, -0.05) is 45.9 Å². The first kappa shape index (κ1) is 16.2. The quantitative estimate of drug-likeness (QED) is 0.722. The molecular weight excluding hydrogens is 222 g/mol. The van der Waals surface area contributed by atoms with Crippen LogP contribution in [-0.2, 0) is 0 Å². The van der Waals surface area contributed by atoms with E-state index < -0.39 is 0 Å². The third-order valence-electron chi connectivity index (χ3n) is 1.86. The minimum absolute atomic E-state index is 0.635. The van der Waals surface area contributed by atoms with E-state index in [1.54, 1.807) is 6.20 Å². The maximum atomic E-state index is 5.55. The lowest BCUT2D eigenvalue weighted by atomic mass is 10.3. The highest BCUT2D eigenvalue weighted by atomic mass is 16.5. The van der Waals surface area contributed by atoms with Gasteiger partial charge in [-0.25, -0.2) is 4.98 Å². The number of pyridine rings is 1. The molecule has 98 valence electrons. The molecule has 2 nitrogen and oxygen atoms in total. The van der Waals surface area contributed by atoms with E-state index in [1.807, 2.05) is 77.1 Å². The van der Waals surface area contributed by atoms with Crippen LogP contribution in [0, 0.1) is 6.92 Å². The third-order valence-corrected chi connectivity index (χ3v) is 1.86. The van der Waals surface area contributed by atoms with Crippen LogP contribution in [0.25, 0.3) is 0 Å². The fraction of sp³-hybridized carbons (Fsp3) is 0.312. The van der Waals surface area contributed by atoms with Crippen molar-refractivity contribution in [2.45, 2.75) is 34.6 Å². The molecule has 0 N–H and O–H groups in total. The smallest absolute Gasteiger partial charge is 0.219 e. The van der Waals surface area contributed by atoms with Gasteiger partial charge in [0, 0.05) is 12.3 Å². The van der Waals surface area contributed by atoms with E-state index in [0.29, 0.717) is 5.88 Å². The van der Waals surface area contributed by atoms with Crippen LogP contribution in [-0.4, -0.2) is 4.98 Å². The number of aryl methyl sites for hydroxylation is 1. The first-order valence-corrected chi connectivity index (χ1v) is 6.50. The molecule has 1 aromatic heterocycles. The molecule has 0 aliphatic rings. The fourth-order valence-corrected chi connectivity index (χ4v) is 1.17. The predicted molar refractivity (Wildman–Crippen MR) is 78.2 cm³/mol. The van der Waals surface area contributed by atoms with Crippen molar-refractivity contribution in [2.75, 3.05) is 0 Å². The van der Waals surface area contributed by atoms with E-state index in [2.05, 4.69) is 4.98 Å². The van der Waals surface area contributed by atoms with Gasteiger partial charge in [0.2, 0.25) is 5.88 Å². The first-order chi connectivity index (χ1) is 8.84. The summed E-state index contributed by atoms with van der Waals surface area (Å²) in [5, 5.41) is 0. The largest absolute Gasteiger partial charge is 0.439 e. The summed E-state index contributed by atoms with van der Waals surface area (Å²) in [5.41, 5.74) is 1.14. The van der Waals surface area contributed by atoms with Crippen LogP contribution >= 0.6 is 0 Å². The SMILES string of the molecule is CC.CC.Cc1ccnc(Oc2ccccc2)c1. The minimum atomic E-state index is 0.635. The maximum absolute atomic E-state index is 5.55. The number of ether oxygens (including phenoxy) is 1. The molecule has 0 aliphatic carbocycles. The van der Waals surface area contributed by atoms with Gasteiger partial charge >= 0.3 is 0 Å².